The molecule has 94 valence electrons. The van der Waals surface area contributed by atoms with Crippen LogP contribution in [-0.4, -0.2) is 13.0 Å². The molecule has 0 radical (unpaired) electrons. The summed E-state index contributed by atoms with van der Waals surface area (Å²) in [6.45, 7) is 0. The second kappa shape index (κ2) is 5.83. The van der Waals surface area contributed by atoms with E-state index in [0.717, 1.165) is 5.56 Å². The monoisotopic (exact) mass is 253 g/mol. The number of rotatable bonds is 1. The lowest BCUT2D eigenvalue weighted by Crippen LogP contribution is -2.17. The van der Waals surface area contributed by atoms with Crippen LogP contribution in [0.5, 0.6) is 0 Å². The van der Waals surface area contributed by atoms with E-state index in [4.69, 9.17) is 0 Å². The predicted molar refractivity (Wildman–Crippen MR) is 72.2 cm³/mol. The van der Waals surface area contributed by atoms with Crippen molar-refractivity contribution < 1.29 is 9.18 Å². The summed E-state index contributed by atoms with van der Waals surface area (Å²) in [5.41, 5.74) is 1.98. The van der Waals surface area contributed by atoms with Crippen LogP contribution in [0.2, 0.25) is 0 Å². The van der Waals surface area contributed by atoms with Gasteiger partial charge in [-0.2, -0.15) is 0 Å². The molecule has 0 saturated heterocycles. The fourth-order valence-electron chi connectivity index (χ4n) is 1.56. The molecule has 1 amide bonds. The molecule has 2 aromatic carbocycles. The van der Waals surface area contributed by atoms with Gasteiger partial charge in [-0.05, 0) is 42.5 Å². The largest absolute Gasteiger partial charge is 0.355 e. The van der Waals surface area contributed by atoms with Gasteiger partial charge >= 0.3 is 0 Å². The van der Waals surface area contributed by atoms with Gasteiger partial charge in [-0.15, -0.1) is 0 Å². The molecule has 0 spiro atoms. The van der Waals surface area contributed by atoms with E-state index < -0.39 is 0 Å². The summed E-state index contributed by atoms with van der Waals surface area (Å²) in [7, 11) is 1.58. The van der Waals surface area contributed by atoms with Crippen molar-refractivity contribution in [1.29, 1.82) is 0 Å². The Labute approximate surface area is 111 Å². The van der Waals surface area contributed by atoms with Crippen molar-refractivity contribution in [3.63, 3.8) is 0 Å². The van der Waals surface area contributed by atoms with Crippen molar-refractivity contribution in [2.75, 3.05) is 7.05 Å². The first-order valence-electron chi connectivity index (χ1n) is 5.79. The zero-order valence-corrected chi connectivity index (χ0v) is 10.4. The van der Waals surface area contributed by atoms with E-state index >= 15 is 0 Å². The lowest BCUT2D eigenvalue weighted by molar-refractivity contribution is 0.0963. The number of hydrogen-bond acceptors (Lipinski definition) is 1. The summed E-state index contributed by atoms with van der Waals surface area (Å²) in [6.07, 6.45) is 0. The van der Waals surface area contributed by atoms with Crippen LogP contribution >= 0.6 is 0 Å². The average Bonchev–Trinajstić information content (AvgIpc) is 2.45. The normalized spacial score (nSPS) is 9.37. The van der Waals surface area contributed by atoms with E-state index in [-0.39, 0.29) is 11.7 Å². The van der Waals surface area contributed by atoms with Crippen LogP contribution in [0.1, 0.15) is 21.5 Å². The molecule has 2 rings (SSSR count). The first-order valence-corrected chi connectivity index (χ1v) is 5.79. The summed E-state index contributed by atoms with van der Waals surface area (Å²) in [6, 6.07) is 13.1. The van der Waals surface area contributed by atoms with Gasteiger partial charge in [-0.3, -0.25) is 4.79 Å². The van der Waals surface area contributed by atoms with Crippen LogP contribution in [0.4, 0.5) is 4.39 Å². The lowest BCUT2D eigenvalue weighted by Gasteiger charge is -1.98. The van der Waals surface area contributed by atoms with E-state index in [2.05, 4.69) is 17.2 Å². The fraction of sp³-hybridized carbons (Fsp3) is 0.0625. The van der Waals surface area contributed by atoms with E-state index in [1.165, 1.54) is 12.1 Å². The summed E-state index contributed by atoms with van der Waals surface area (Å²) < 4.78 is 13.0. The van der Waals surface area contributed by atoms with E-state index in [0.29, 0.717) is 11.1 Å². The number of hydrogen-bond donors (Lipinski definition) is 1. The standard InChI is InChI=1S/C16H12FNO/c1-18-16(19)14-9-7-12(8-10-14)5-6-13-3-2-4-15(17)11-13/h2-4,7-11H,1H3,(H,18,19). The highest BCUT2D eigenvalue weighted by Crippen LogP contribution is 2.05. The number of benzene rings is 2. The zero-order chi connectivity index (χ0) is 13.7. The van der Waals surface area contributed by atoms with Gasteiger partial charge in [0.05, 0.1) is 0 Å². The number of nitrogens with one attached hydrogen (secondary N) is 1. The maximum Gasteiger partial charge on any atom is 0.251 e. The zero-order valence-electron chi connectivity index (χ0n) is 10.4. The van der Waals surface area contributed by atoms with Gasteiger partial charge in [0.2, 0.25) is 0 Å². The van der Waals surface area contributed by atoms with Crippen molar-refractivity contribution in [1.82, 2.24) is 5.32 Å². The molecule has 19 heavy (non-hydrogen) atoms. The van der Waals surface area contributed by atoms with Gasteiger partial charge in [0, 0.05) is 23.7 Å². The average molecular weight is 253 g/mol. The highest BCUT2D eigenvalue weighted by molar-refractivity contribution is 5.94. The Morgan fingerprint density at radius 2 is 1.74 bits per heavy atom. The molecular weight excluding hydrogens is 241 g/mol. The molecule has 0 aliphatic rings. The third-order valence-corrected chi connectivity index (χ3v) is 2.55. The highest BCUT2D eigenvalue weighted by atomic mass is 19.1. The Hall–Kier alpha value is -2.60. The quantitative estimate of drug-likeness (QED) is 0.778. The topological polar surface area (TPSA) is 29.1 Å². The van der Waals surface area contributed by atoms with E-state index in [1.807, 2.05) is 0 Å². The Morgan fingerprint density at radius 3 is 2.37 bits per heavy atom. The van der Waals surface area contributed by atoms with Crippen molar-refractivity contribution in [2.45, 2.75) is 0 Å². The van der Waals surface area contributed by atoms with E-state index in [1.54, 1.807) is 43.4 Å². The first kappa shape index (κ1) is 12.8. The molecule has 0 saturated carbocycles. The molecule has 0 heterocycles. The SMILES string of the molecule is CNC(=O)c1ccc(C#Cc2cccc(F)c2)cc1. The molecule has 2 aromatic rings. The fourth-order valence-corrected chi connectivity index (χ4v) is 1.56. The van der Waals surface area contributed by atoms with Crippen LogP contribution in [0.3, 0.4) is 0 Å². The summed E-state index contributed by atoms with van der Waals surface area (Å²) in [5, 5.41) is 2.55. The summed E-state index contributed by atoms with van der Waals surface area (Å²) in [5.74, 6) is 5.36. The van der Waals surface area contributed by atoms with Gasteiger partial charge in [0.15, 0.2) is 0 Å². The van der Waals surface area contributed by atoms with Crippen LogP contribution in [-0.2, 0) is 0 Å². The number of halogens is 1. The number of carbonyl (C=O) groups excluding carboxylic acids is 1. The van der Waals surface area contributed by atoms with E-state index in [9.17, 15) is 9.18 Å². The Kier molecular flexibility index (Phi) is 3.94. The number of carbonyl (C=O) groups is 1. The molecule has 0 atom stereocenters. The summed E-state index contributed by atoms with van der Waals surface area (Å²) >= 11 is 0. The Morgan fingerprint density at radius 1 is 1.05 bits per heavy atom. The van der Waals surface area contributed by atoms with Gasteiger partial charge in [-0.25, -0.2) is 4.39 Å². The molecule has 3 heteroatoms. The maximum absolute atomic E-state index is 13.0. The summed E-state index contributed by atoms with van der Waals surface area (Å²) in [4.78, 5) is 11.4. The molecule has 0 aliphatic carbocycles. The van der Waals surface area contributed by atoms with Crippen molar-refractivity contribution in [3.05, 3.63) is 71.0 Å². The second-order valence-electron chi connectivity index (χ2n) is 3.92. The predicted octanol–water partition coefficient (Wildman–Crippen LogP) is 2.59. The molecule has 2 nitrogen and oxygen atoms in total. The van der Waals surface area contributed by atoms with Gasteiger partial charge < -0.3 is 5.32 Å². The molecule has 0 aliphatic heterocycles. The molecule has 0 unspecified atom stereocenters. The molecular formula is C16H12FNO. The minimum absolute atomic E-state index is 0.135. The van der Waals surface area contributed by atoms with Crippen LogP contribution in [0.15, 0.2) is 48.5 Å². The maximum atomic E-state index is 13.0. The lowest BCUT2D eigenvalue weighted by atomic mass is 10.1. The number of amides is 1. The van der Waals surface area contributed by atoms with Crippen LogP contribution in [0, 0.1) is 17.7 Å². The minimum atomic E-state index is -0.304. The third-order valence-electron chi connectivity index (χ3n) is 2.55. The van der Waals surface area contributed by atoms with Crippen molar-refractivity contribution in [3.8, 4) is 11.8 Å². The Bertz CT molecular complexity index is 650. The smallest absolute Gasteiger partial charge is 0.251 e. The van der Waals surface area contributed by atoms with Gasteiger partial charge in [-0.1, -0.05) is 17.9 Å². The third kappa shape index (κ3) is 3.43. The van der Waals surface area contributed by atoms with Gasteiger partial charge in [0.25, 0.3) is 5.91 Å². The van der Waals surface area contributed by atoms with Crippen molar-refractivity contribution in [2.24, 2.45) is 0 Å². The molecule has 0 bridgehead atoms. The molecule has 0 aromatic heterocycles. The van der Waals surface area contributed by atoms with Crippen molar-refractivity contribution >= 4 is 5.91 Å². The van der Waals surface area contributed by atoms with Crippen LogP contribution < -0.4 is 5.32 Å². The van der Waals surface area contributed by atoms with Gasteiger partial charge in [0.1, 0.15) is 5.82 Å². The molecule has 0 fully saturated rings. The molecule has 1 N–H and O–H groups in total. The first-order chi connectivity index (χ1) is 9.19. The Balaban J connectivity index is 2.19. The van der Waals surface area contributed by atoms with Crippen LogP contribution in [0.25, 0.3) is 0 Å². The second-order valence-corrected chi connectivity index (χ2v) is 3.92. The highest BCUT2D eigenvalue weighted by Gasteiger charge is 2.00. The minimum Gasteiger partial charge on any atom is -0.355 e.